The highest BCUT2D eigenvalue weighted by molar-refractivity contribution is 7.92. The number of hydrogen-bond acceptors (Lipinski definition) is 6. The first-order valence-corrected chi connectivity index (χ1v) is 13.6. The maximum atomic E-state index is 13.4. The van der Waals surface area contributed by atoms with Gasteiger partial charge in [0.25, 0.3) is 15.9 Å². The summed E-state index contributed by atoms with van der Waals surface area (Å²) in [5, 5.41) is 0. The van der Waals surface area contributed by atoms with Crippen LogP contribution in [0.25, 0.3) is 0 Å². The summed E-state index contributed by atoms with van der Waals surface area (Å²) in [4.78, 5) is 17.4. The van der Waals surface area contributed by atoms with Crippen molar-refractivity contribution in [1.82, 2.24) is 4.90 Å². The number of rotatable bonds is 9. The molecule has 0 unspecified atom stereocenters. The van der Waals surface area contributed by atoms with Crippen molar-refractivity contribution >= 4 is 27.3 Å². The summed E-state index contributed by atoms with van der Waals surface area (Å²) >= 11 is 0. The van der Waals surface area contributed by atoms with E-state index in [1.54, 1.807) is 30.3 Å². The zero-order valence-electron chi connectivity index (χ0n) is 20.9. The molecule has 9 heteroatoms. The number of methoxy groups -OCH3 is 1. The van der Waals surface area contributed by atoms with Gasteiger partial charge in [0.15, 0.2) is 5.76 Å². The molecular weight excluding hydrogens is 478 g/mol. The highest BCUT2D eigenvalue weighted by Crippen LogP contribution is 2.31. The standard InChI is InChI=1S/C27H33N3O5S/c1-29(2)25-16-11-21(28-36(32,33)24-14-12-23(34-3)13-15-24)18-20(25)19-30(22-8-5-4-6-9-22)27(31)26-10-7-17-35-26/h7,10-18,22,28H,4-6,8-9,19H2,1-3H3. The molecule has 4 rings (SSSR count). The third-order valence-electron chi connectivity index (χ3n) is 6.53. The maximum absolute atomic E-state index is 13.4. The van der Waals surface area contributed by atoms with Crippen LogP contribution in [-0.2, 0) is 16.6 Å². The summed E-state index contributed by atoms with van der Waals surface area (Å²) in [5.41, 5.74) is 2.19. The molecule has 1 aromatic heterocycles. The lowest BCUT2D eigenvalue weighted by Gasteiger charge is -2.35. The number of hydrogen-bond donors (Lipinski definition) is 1. The smallest absolute Gasteiger partial charge is 0.290 e. The second kappa shape index (κ2) is 11.1. The molecule has 8 nitrogen and oxygen atoms in total. The molecule has 2 aromatic carbocycles. The van der Waals surface area contributed by atoms with Crippen LogP contribution in [0.4, 0.5) is 11.4 Å². The van der Waals surface area contributed by atoms with Crippen molar-refractivity contribution in [3.63, 3.8) is 0 Å². The average Bonchev–Trinajstić information content (AvgIpc) is 3.42. The number of ether oxygens (including phenoxy) is 1. The summed E-state index contributed by atoms with van der Waals surface area (Å²) in [6.07, 6.45) is 6.71. The Morgan fingerprint density at radius 2 is 1.78 bits per heavy atom. The van der Waals surface area contributed by atoms with Crippen molar-refractivity contribution in [2.45, 2.75) is 49.6 Å². The van der Waals surface area contributed by atoms with Gasteiger partial charge < -0.3 is 19.0 Å². The lowest BCUT2D eigenvalue weighted by molar-refractivity contribution is 0.0582. The minimum atomic E-state index is -3.80. The summed E-state index contributed by atoms with van der Waals surface area (Å²) in [6, 6.07) is 15.1. The van der Waals surface area contributed by atoms with Gasteiger partial charge >= 0.3 is 0 Å². The van der Waals surface area contributed by atoms with Gasteiger partial charge in [-0.05, 0) is 73.0 Å². The molecule has 0 spiro atoms. The van der Waals surface area contributed by atoms with E-state index in [2.05, 4.69) is 4.72 Å². The first-order valence-electron chi connectivity index (χ1n) is 12.1. The Balaban J connectivity index is 1.65. The summed E-state index contributed by atoms with van der Waals surface area (Å²) in [5.74, 6) is 0.736. The van der Waals surface area contributed by atoms with Gasteiger partial charge in [-0.1, -0.05) is 19.3 Å². The van der Waals surface area contributed by atoms with Crippen molar-refractivity contribution in [2.75, 3.05) is 30.8 Å². The molecule has 1 N–H and O–H groups in total. The van der Waals surface area contributed by atoms with E-state index in [0.29, 0.717) is 23.7 Å². The number of carbonyl (C=O) groups excluding carboxylic acids is 1. The highest BCUT2D eigenvalue weighted by atomic mass is 32.2. The number of nitrogens with one attached hydrogen (secondary N) is 1. The van der Waals surface area contributed by atoms with Crippen LogP contribution in [0.1, 0.15) is 48.2 Å². The van der Waals surface area contributed by atoms with Gasteiger partial charge in [-0.15, -0.1) is 0 Å². The second-order valence-electron chi connectivity index (χ2n) is 9.22. The Morgan fingerprint density at radius 1 is 1.06 bits per heavy atom. The van der Waals surface area contributed by atoms with Crippen LogP contribution in [0.2, 0.25) is 0 Å². The maximum Gasteiger partial charge on any atom is 0.290 e. The molecule has 0 bridgehead atoms. The Bertz CT molecular complexity index is 1270. The third-order valence-corrected chi connectivity index (χ3v) is 7.93. The van der Waals surface area contributed by atoms with E-state index < -0.39 is 10.0 Å². The molecule has 1 fully saturated rings. The molecule has 1 amide bonds. The average molecular weight is 512 g/mol. The van der Waals surface area contributed by atoms with Crippen LogP contribution in [0.5, 0.6) is 5.75 Å². The zero-order chi connectivity index (χ0) is 25.7. The zero-order valence-corrected chi connectivity index (χ0v) is 21.8. The fourth-order valence-electron chi connectivity index (χ4n) is 4.67. The molecule has 0 saturated heterocycles. The first kappa shape index (κ1) is 25.6. The van der Waals surface area contributed by atoms with E-state index >= 15 is 0 Å². The Hall–Kier alpha value is -3.46. The number of amides is 1. The van der Waals surface area contributed by atoms with Crippen LogP contribution in [-0.4, -0.2) is 46.5 Å². The van der Waals surface area contributed by atoms with Gasteiger partial charge in [-0.2, -0.15) is 0 Å². The van der Waals surface area contributed by atoms with Gasteiger partial charge in [0.2, 0.25) is 0 Å². The van der Waals surface area contributed by atoms with Crippen molar-refractivity contribution in [2.24, 2.45) is 0 Å². The fourth-order valence-corrected chi connectivity index (χ4v) is 5.72. The van der Waals surface area contributed by atoms with Gasteiger partial charge in [-0.3, -0.25) is 9.52 Å². The molecular formula is C27H33N3O5S. The Morgan fingerprint density at radius 3 is 2.39 bits per heavy atom. The summed E-state index contributed by atoms with van der Waals surface area (Å²) in [7, 11) is 1.59. The molecule has 0 radical (unpaired) electrons. The normalized spacial score (nSPS) is 14.3. The molecule has 0 atom stereocenters. The summed E-state index contributed by atoms with van der Waals surface area (Å²) < 4.78 is 39.3. The van der Waals surface area contributed by atoms with E-state index in [9.17, 15) is 13.2 Å². The minimum absolute atomic E-state index is 0.103. The monoisotopic (exact) mass is 511 g/mol. The van der Waals surface area contributed by atoms with Crippen LogP contribution in [0.15, 0.2) is 70.2 Å². The molecule has 192 valence electrons. The predicted molar refractivity (Wildman–Crippen MR) is 140 cm³/mol. The van der Waals surface area contributed by atoms with E-state index in [1.165, 1.54) is 31.9 Å². The minimum Gasteiger partial charge on any atom is -0.497 e. The number of benzene rings is 2. The van der Waals surface area contributed by atoms with Crippen LogP contribution in [0.3, 0.4) is 0 Å². The topological polar surface area (TPSA) is 92.1 Å². The lowest BCUT2D eigenvalue weighted by Crippen LogP contribution is -2.41. The molecule has 36 heavy (non-hydrogen) atoms. The second-order valence-corrected chi connectivity index (χ2v) is 10.9. The van der Waals surface area contributed by atoms with Gasteiger partial charge in [0.05, 0.1) is 18.3 Å². The van der Waals surface area contributed by atoms with Gasteiger partial charge in [0, 0.05) is 38.1 Å². The van der Waals surface area contributed by atoms with E-state index in [4.69, 9.17) is 9.15 Å². The molecule has 0 aliphatic heterocycles. The fraction of sp³-hybridized carbons (Fsp3) is 0.370. The molecule has 1 aliphatic rings. The molecule has 1 heterocycles. The van der Waals surface area contributed by atoms with Gasteiger partial charge in [0.1, 0.15) is 5.75 Å². The van der Waals surface area contributed by atoms with E-state index in [1.807, 2.05) is 36.0 Å². The highest BCUT2D eigenvalue weighted by Gasteiger charge is 2.29. The van der Waals surface area contributed by atoms with Crippen molar-refractivity contribution < 1.29 is 22.4 Å². The number of furan rings is 1. The van der Waals surface area contributed by atoms with Crippen molar-refractivity contribution in [3.8, 4) is 5.75 Å². The Labute approximate surface area is 212 Å². The van der Waals surface area contributed by atoms with Crippen molar-refractivity contribution in [1.29, 1.82) is 0 Å². The van der Waals surface area contributed by atoms with Gasteiger partial charge in [-0.25, -0.2) is 8.42 Å². The summed E-state index contributed by atoms with van der Waals surface area (Å²) in [6.45, 7) is 0.343. The number of sulfonamides is 1. The van der Waals surface area contributed by atoms with Crippen molar-refractivity contribution in [3.05, 3.63) is 72.2 Å². The lowest BCUT2D eigenvalue weighted by atomic mass is 9.93. The third kappa shape index (κ3) is 5.84. The van der Waals surface area contributed by atoms with E-state index in [0.717, 1.165) is 36.9 Å². The number of nitrogens with zero attached hydrogens (tertiary/aromatic N) is 2. The van der Waals surface area contributed by atoms with Crippen LogP contribution in [0, 0.1) is 0 Å². The van der Waals surface area contributed by atoms with Crippen LogP contribution >= 0.6 is 0 Å². The molecule has 1 saturated carbocycles. The number of anilines is 2. The molecule has 1 aliphatic carbocycles. The SMILES string of the molecule is COc1ccc(S(=O)(=O)Nc2ccc(N(C)C)c(CN(C(=O)c3ccco3)C3CCCCC3)c2)cc1. The molecule has 3 aromatic rings. The largest absolute Gasteiger partial charge is 0.497 e. The number of carbonyl (C=O) groups is 1. The van der Waals surface area contributed by atoms with Crippen LogP contribution < -0.4 is 14.4 Å². The first-order chi connectivity index (χ1) is 17.3. The predicted octanol–water partition coefficient (Wildman–Crippen LogP) is 5.13. The quantitative estimate of drug-likeness (QED) is 0.428. The van der Waals surface area contributed by atoms with E-state index in [-0.39, 0.29) is 16.8 Å². The Kier molecular flexibility index (Phi) is 7.88.